The van der Waals surface area contributed by atoms with Crippen LogP contribution < -0.4 is 29.4 Å². The normalized spacial score (nSPS) is 11.1. The molecule has 16 heteroatoms. The van der Waals surface area contributed by atoms with Crippen LogP contribution in [0.4, 0.5) is 0 Å². The Labute approximate surface area is 103 Å². The van der Waals surface area contributed by atoms with E-state index in [9.17, 15) is 0 Å². The van der Waals surface area contributed by atoms with E-state index in [4.69, 9.17) is 57.7 Å². The summed E-state index contributed by atoms with van der Waals surface area (Å²) < 4.78 is 26.0. The van der Waals surface area contributed by atoms with E-state index in [2.05, 4.69) is 0 Å². The van der Waals surface area contributed by atoms with E-state index in [1.165, 1.54) is 0 Å². The molecule has 0 radical (unpaired) electrons. The van der Waals surface area contributed by atoms with Gasteiger partial charge in [-0.2, -0.15) is 0 Å². The van der Waals surface area contributed by atoms with Crippen LogP contribution in [0.15, 0.2) is 0 Å². The predicted octanol–water partition coefficient (Wildman–Crippen LogP) is -6.58. The van der Waals surface area contributed by atoms with Crippen LogP contribution in [-0.4, -0.2) is 14.7 Å². The standard InChI is InChI=1S/3H3O4P.W/c3*1-5(2,3)4;/h3*(H3,1,2,3,4);/q;;;+6/p-6. The summed E-state index contributed by atoms with van der Waals surface area (Å²) in [5.74, 6) is 0. The second kappa shape index (κ2) is 9.99. The predicted molar refractivity (Wildman–Crippen MR) is 29.5 cm³/mol. The summed E-state index contributed by atoms with van der Waals surface area (Å²) >= 11 is 0. The molecule has 0 aliphatic heterocycles. The summed E-state index contributed by atoms with van der Waals surface area (Å²) in [6.45, 7) is 0. The van der Waals surface area contributed by atoms with Gasteiger partial charge in [-0.05, 0) is 0 Å². The molecule has 16 heavy (non-hydrogen) atoms. The molecule has 0 bridgehead atoms. The molecule has 0 heterocycles. The van der Waals surface area contributed by atoms with Crippen molar-refractivity contribution in [2.24, 2.45) is 0 Å². The van der Waals surface area contributed by atoms with Gasteiger partial charge in [0.25, 0.3) is 0 Å². The van der Waals surface area contributed by atoms with Gasteiger partial charge in [0.05, 0.1) is 23.5 Å². The van der Waals surface area contributed by atoms with Gasteiger partial charge in [0.2, 0.25) is 0 Å². The maximum atomic E-state index is 8.66. The minimum absolute atomic E-state index is 0. The fourth-order valence-corrected chi connectivity index (χ4v) is 0. The minimum Gasteiger partial charge on any atom is -0.790 e. The zero-order valence-corrected chi connectivity index (χ0v) is 12.4. The van der Waals surface area contributed by atoms with Crippen molar-refractivity contribution >= 4 is 23.5 Å². The smallest absolute Gasteiger partial charge is 0.790 e. The summed E-state index contributed by atoms with van der Waals surface area (Å²) in [6.07, 6.45) is 0. The van der Waals surface area contributed by atoms with E-state index >= 15 is 0 Å². The van der Waals surface area contributed by atoms with Crippen molar-refractivity contribution in [3.8, 4) is 0 Å². The van der Waals surface area contributed by atoms with E-state index in [1.54, 1.807) is 0 Å². The van der Waals surface area contributed by atoms with Crippen molar-refractivity contribution in [3.05, 3.63) is 0 Å². The molecule has 0 spiro atoms. The molecule has 0 rings (SSSR count). The van der Waals surface area contributed by atoms with E-state index in [1.807, 2.05) is 0 Å². The van der Waals surface area contributed by atoms with Gasteiger partial charge in [-0.1, -0.05) is 0 Å². The zero-order chi connectivity index (χ0) is 13.5. The average molecular weight is 472 g/mol. The van der Waals surface area contributed by atoms with Gasteiger partial charge in [0, 0.05) is 0 Å². The monoisotopic (exact) mass is 472 g/mol. The van der Waals surface area contributed by atoms with Crippen molar-refractivity contribution in [2.75, 3.05) is 0 Å². The molecule has 0 aliphatic carbocycles. The van der Waals surface area contributed by atoms with Crippen LogP contribution in [0.5, 0.6) is 0 Å². The van der Waals surface area contributed by atoms with Gasteiger partial charge in [-0.3, -0.25) is 0 Å². The number of hydrogen-bond acceptors (Lipinski definition) is 9. The summed E-state index contributed by atoms with van der Waals surface area (Å²) in [7, 11) is -15.4. The van der Waals surface area contributed by atoms with Crippen LogP contribution in [0.2, 0.25) is 0 Å². The first kappa shape index (κ1) is 25.8. The first-order chi connectivity index (χ1) is 6.00. The second-order valence-corrected chi connectivity index (χ2v) is 4.22. The summed E-state index contributed by atoms with van der Waals surface area (Å²) in [5.41, 5.74) is 0. The molecular weight excluding hydrogens is 469 g/mol. The topological polar surface area (TPSA) is 250 Å². The van der Waals surface area contributed by atoms with E-state index in [-0.39, 0.29) is 21.1 Å². The second-order valence-electron chi connectivity index (χ2n) is 1.41. The summed E-state index contributed by atoms with van der Waals surface area (Å²) in [4.78, 5) is 72.9. The molecule has 0 aromatic heterocycles. The third-order valence-electron chi connectivity index (χ3n) is 0. The Bertz CT molecular complexity index is 202. The maximum Gasteiger partial charge on any atom is 6.00 e. The van der Waals surface area contributed by atoms with E-state index < -0.39 is 23.5 Å². The fourth-order valence-electron chi connectivity index (χ4n) is 0. The van der Waals surface area contributed by atoms with Crippen LogP contribution in [-0.2, 0) is 34.8 Å². The van der Waals surface area contributed by atoms with Gasteiger partial charge in [-0.15, -0.1) is 0 Å². The molecule has 0 saturated carbocycles. The third kappa shape index (κ3) is 2850. The summed E-state index contributed by atoms with van der Waals surface area (Å²) in [6, 6.07) is 0. The molecule has 0 amide bonds. The van der Waals surface area contributed by atoms with Crippen molar-refractivity contribution in [2.45, 2.75) is 0 Å². The average Bonchev–Trinajstić information content (AvgIpc) is 1.41. The van der Waals surface area contributed by atoms with E-state index in [0.717, 1.165) is 0 Å². The molecule has 0 unspecified atom stereocenters. The Hall–Kier alpha value is 1.02. The molecule has 0 atom stereocenters. The molecule has 3 N–H and O–H groups in total. The van der Waals surface area contributed by atoms with Crippen LogP contribution in [0.25, 0.3) is 0 Å². The first-order valence-corrected chi connectivity index (χ1v) is 6.73. The van der Waals surface area contributed by atoms with Gasteiger partial charge >= 0.3 is 21.1 Å². The Balaban J connectivity index is -0.0000000655. The van der Waals surface area contributed by atoms with Gasteiger partial charge in [0.15, 0.2) is 0 Å². The number of rotatable bonds is 0. The molecule has 12 nitrogen and oxygen atoms in total. The molecule has 0 aromatic carbocycles. The molecule has 0 fully saturated rings. The summed E-state index contributed by atoms with van der Waals surface area (Å²) in [5, 5.41) is 0. The molecule has 0 aliphatic rings. The number of hydrogen-bond donors (Lipinski definition) is 3. The van der Waals surface area contributed by atoms with Crippen LogP contribution in [0, 0.1) is 0 Å². The minimum atomic E-state index is -5.14. The maximum absolute atomic E-state index is 8.66. The quantitative estimate of drug-likeness (QED) is 0.279. The van der Waals surface area contributed by atoms with Crippen LogP contribution in [0.3, 0.4) is 0 Å². The van der Waals surface area contributed by atoms with Crippen molar-refractivity contribution in [1.82, 2.24) is 0 Å². The third-order valence-corrected chi connectivity index (χ3v) is 0. The fraction of sp³-hybridized carbons (Fsp3) is 0. The van der Waals surface area contributed by atoms with Gasteiger partial charge in [-0.25, -0.2) is 0 Å². The molecular formula is H3O12P3W. The number of phosphoric acid groups is 3. The zero-order valence-electron chi connectivity index (χ0n) is 6.77. The van der Waals surface area contributed by atoms with E-state index in [0.29, 0.717) is 0 Å². The van der Waals surface area contributed by atoms with Crippen LogP contribution in [0.1, 0.15) is 0 Å². The Kier molecular flexibility index (Phi) is 16.1. The molecule has 96 valence electrons. The molecule has 0 aromatic rings. The Morgan fingerprint density at radius 3 is 0.562 bits per heavy atom. The van der Waals surface area contributed by atoms with Crippen molar-refractivity contribution in [1.29, 1.82) is 0 Å². The van der Waals surface area contributed by atoms with Crippen molar-refractivity contribution in [3.63, 3.8) is 0 Å². The van der Waals surface area contributed by atoms with Crippen LogP contribution >= 0.6 is 23.5 Å². The largest absolute Gasteiger partial charge is 6.00 e. The van der Waals surface area contributed by atoms with Crippen molar-refractivity contribution < 1.29 is 78.8 Å². The first-order valence-electron chi connectivity index (χ1n) is 2.24. The Morgan fingerprint density at radius 2 is 0.562 bits per heavy atom. The van der Waals surface area contributed by atoms with Gasteiger partial charge in [0.1, 0.15) is 0 Å². The molecule has 0 saturated heterocycles. The Morgan fingerprint density at radius 1 is 0.562 bits per heavy atom. The van der Waals surface area contributed by atoms with Gasteiger partial charge < -0.3 is 57.7 Å². The SMILES string of the molecule is O=P([O-])([O-])O.O=P([O-])([O-])O.O=P([O-])([O-])O.[W+6].